The molecule has 2 fully saturated rings. The van der Waals surface area contributed by atoms with Crippen LogP contribution in [0.15, 0.2) is 78.0 Å². The highest BCUT2D eigenvalue weighted by Gasteiger charge is 2.41. The molecule has 6 rings (SSSR count). The van der Waals surface area contributed by atoms with Gasteiger partial charge >= 0.3 is 6.09 Å². The fraction of sp³-hybridized carbons (Fsp3) is 0.355. The second-order valence-corrected chi connectivity index (χ2v) is 11.7. The number of benzene rings is 2. The van der Waals surface area contributed by atoms with Crippen molar-refractivity contribution in [2.45, 2.75) is 37.3 Å². The number of aromatic nitrogens is 3. The van der Waals surface area contributed by atoms with E-state index < -0.39 is 11.7 Å². The van der Waals surface area contributed by atoms with Crippen LogP contribution in [0.4, 0.5) is 4.79 Å². The molecule has 4 aromatic rings. The van der Waals surface area contributed by atoms with Crippen molar-refractivity contribution in [2.75, 3.05) is 26.2 Å². The second kappa shape index (κ2) is 11.3. The zero-order valence-electron chi connectivity index (χ0n) is 23.0. The molecule has 0 saturated carbocycles. The lowest BCUT2D eigenvalue weighted by Crippen LogP contribution is -2.53. The van der Waals surface area contributed by atoms with Crippen molar-refractivity contribution in [3.63, 3.8) is 0 Å². The number of hydrogen-bond acceptors (Lipinski definition) is 5. The molecule has 2 saturated heterocycles. The number of halogens is 1. The molecule has 4 heterocycles. The monoisotopic (exact) mass is 589 g/mol. The summed E-state index contributed by atoms with van der Waals surface area (Å²) in [5.41, 5.74) is 0.830. The van der Waals surface area contributed by atoms with Gasteiger partial charge in [-0.3, -0.25) is 14.2 Å². The highest BCUT2D eigenvalue weighted by Crippen LogP contribution is 2.35. The van der Waals surface area contributed by atoms with E-state index in [-0.39, 0.29) is 36.4 Å². The van der Waals surface area contributed by atoms with Gasteiger partial charge in [0.15, 0.2) is 5.65 Å². The molecule has 0 radical (unpaired) electrons. The lowest BCUT2D eigenvalue weighted by atomic mass is 9.79. The molecule has 42 heavy (non-hydrogen) atoms. The number of piperidine rings is 2. The maximum atomic E-state index is 13.7. The lowest BCUT2D eigenvalue weighted by Gasteiger charge is -2.42. The minimum atomic E-state index is -1.17. The van der Waals surface area contributed by atoms with Crippen molar-refractivity contribution in [2.24, 2.45) is 5.92 Å². The van der Waals surface area contributed by atoms with Gasteiger partial charge in [0, 0.05) is 54.9 Å². The zero-order valence-corrected chi connectivity index (χ0v) is 23.7. The number of carbonyl (C=O) groups is 2. The van der Waals surface area contributed by atoms with Crippen molar-refractivity contribution in [3.05, 3.63) is 94.1 Å². The molecular weight excluding hydrogens is 558 g/mol. The van der Waals surface area contributed by atoms with Crippen LogP contribution in [0.5, 0.6) is 0 Å². The summed E-state index contributed by atoms with van der Waals surface area (Å²) in [5.74, 6) is -0.592. The number of nitrogens with zero attached hydrogens (tertiary/aromatic N) is 5. The van der Waals surface area contributed by atoms with Crippen molar-refractivity contribution in [1.29, 1.82) is 0 Å². The van der Waals surface area contributed by atoms with Crippen LogP contribution in [0.1, 0.15) is 30.7 Å². The summed E-state index contributed by atoms with van der Waals surface area (Å²) in [7, 11) is 0. The maximum Gasteiger partial charge on any atom is 0.407 e. The summed E-state index contributed by atoms with van der Waals surface area (Å²) >= 11 is 6.14. The number of rotatable bonds is 5. The van der Waals surface area contributed by atoms with E-state index >= 15 is 0 Å². The van der Waals surface area contributed by atoms with Crippen LogP contribution < -0.4 is 5.56 Å². The average molecular weight is 590 g/mol. The quantitative estimate of drug-likeness (QED) is 0.363. The summed E-state index contributed by atoms with van der Waals surface area (Å²) < 4.78 is 3.24. The molecule has 2 N–H and O–H groups in total. The third-order valence-corrected chi connectivity index (χ3v) is 8.89. The van der Waals surface area contributed by atoms with E-state index in [9.17, 15) is 24.6 Å². The van der Waals surface area contributed by atoms with Gasteiger partial charge in [-0.15, -0.1) is 0 Å². The van der Waals surface area contributed by atoms with E-state index in [1.54, 1.807) is 33.9 Å². The smallest absolute Gasteiger partial charge is 0.407 e. The molecule has 0 spiro atoms. The highest BCUT2D eigenvalue weighted by atomic mass is 35.5. The van der Waals surface area contributed by atoms with Gasteiger partial charge in [0.2, 0.25) is 5.91 Å². The molecular formula is C31H32ClN5O5. The Hall–Kier alpha value is -4.15. The first-order valence-electron chi connectivity index (χ1n) is 14.1. The summed E-state index contributed by atoms with van der Waals surface area (Å²) in [6.07, 6.45) is 3.34. The zero-order chi connectivity index (χ0) is 29.4. The van der Waals surface area contributed by atoms with Crippen molar-refractivity contribution in [1.82, 2.24) is 23.9 Å². The van der Waals surface area contributed by atoms with E-state index in [4.69, 9.17) is 11.6 Å². The SMILES string of the molecule is O=C(O)N1CC[C@@H](C(=O)N2CCC(O)(Cn3cnc4c(ccn4-c4cccc(Cl)c4)c3=O)CC2)[C@H](c2ccccc2)C1. The van der Waals surface area contributed by atoms with E-state index in [1.807, 2.05) is 42.5 Å². The topological polar surface area (TPSA) is 121 Å². The fourth-order valence-corrected chi connectivity index (χ4v) is 6.50. The summed E-state index contributed by atoms with van der Waals surface area (Å²) in [4.78, 5) is 46.4. The minimum absolute atomic E-state index is 0.0152. The molecule has 10 nitrogen and oxygen atoms in total. The number of fused-ring (bicyclic) bond motifs is 1. The van der Waals surface area contributed by atoms with Gasteiger partial charge in [0.1, 0.15) is 6.33 Å². The molecule has 0 bridgehead atoms. The van der Waals surface area contributed by atoms with Crippen molar-refractivity contribution < 1.29 is 19.8 Å². The Morgan fingerprint density at radius 2 is 1.76 bits per heavy atom. The summed E-state index contributed by atoms with van der Waals surface area (Å²) in [6, 6.07) is 18.6. The predicted molar refractivity (Wildman–Crippen MR) is 158 cm³/mol. The Balaban J connectivity index is 1.15. The van der Waals surface area contributed by atoms with Gasteiger partial charge in [-0.05, 0) is 49.1 Å². The number of carboxylic acid groups (broad SMARTS) is 1. The van der Waals surface area contributed by atoms with E-state index in [1.165, 1.54) is 15.8 Å². The van der Waals surface area contributed by atoms with Crippen molar-refractivity contribution in [3.8, 4) is 5.69 Å². The average Bonchev–Trinajstić information content (AvgIpc) is 3.44. The van der Waals surface area contributed by atoms with Crippen LogP contribution in [0.2, 0.25) is 5.02 Å². The second-order valence-electron chi connectivity index (χ2n) is 11.3. The number of aliphatic hydroxyl groups is 1. The minimum Gasteiger partial charge on any atom is -0.465 e. The maximum absolute atomic E-state index is 13.7. The molecule has 11 heteroatoms. The van der Waals surface area contributed by atoms with Gasteiger partial charge in [-0.2, -0.15) is 0 Å². The lowest BCUT2D eigenvalue weighted by molar-refractivity contribution is -0.142. The standard InChI is InChI=1S/C31H32ClN5O5/c32-22-7-4-8-23(17-22)37-14-10-25-27(37)33-20-36(29(25)39)19-31(42)11-15-34(16-12-31)28(38)24-9-13-35(30(40)41)18-26(24)21-5-2-1-3-6-21/h1-8,10,14,17,20,24,26,42H,9,11-13,15-16,18-19H2,(H,40,41)/t24-,26+/m1/s1. The number of likely N-dealkylation sites (tertiary alicyclic amines) is 2. The van der Waals surface area contributed by atoms with Crippen molar-refractivity contribution >= 4 is 34.6 Å². The highest BCUT2D eigenvalue weighted by molar-refractivity contribution is 6.30. The first-order chi connectivity index (χ1) is 20.2. The molecule has 2 amide bonds. The number of hydrogen-bond donors (Lipinski definition) is 2. The normalized spacial score (nSPS) is 20.5. The first kappa shape index (κ1) is 28.0. The molecule has 0 aliphatic carbocycles. The van der Waals surface area contributed by atoms with Crippen LogP contribution in [-0.2, 0) is 11.3 Å². The summed E-state index contributed by atoms with van der Waals surface area (Å²) in [6.45, 7) is 1.36. The van der Waals surface area contributed by atoms with Crippen LogP contribution >= 0.6 is 11.6 Å². The molecule has 218 valence electrons. The molecule has 2 aliphatic rings. The third-order valence-electron chi connectivity index (χ3n) is 8.66. The Kier molecular flexibility index (Phi) is 7.51. The fourth-order valence-electron chi connectivity index (χ4n) is 6.31. The van der Waals surface area contributed by atoms with Gasteiger partial charge in [-0.25, -0.2) is 9.78 Å². The molecule has 2 aromatic heterocycles. The molecule has 2 aliphatic heterocycles. The van der Waals surface area contributed by atoms with Gasteiger partial charge < -0.3 is 24.6 Å². The van der Waals surface area contributed by atoms with E-state index in [2.05, 4.69) is 4.98 Å². The van der Waals surface area contributed by atoms with Crippen LogP contribution in [0, 0.1) is 5.92 Å². The van der Waals surface area contributed by atoms with E-state index in [0.29, 0.717) is 55.0 Å². The largest absolute Gasteiger partial charge is 0.465 e. The van der Waals surface area contributed by atoms with E-state index in [0.717, 1.165) is 11.3 Å². The van der Waals surface area contributed by atoms with Crippen LogP contribution in [0.25, 0.3) is 16.7 Å². The Labute approximate surface area is 247 Å². The third kappa shape index (κ3) is 5.39. The Morgan fingerprint density at radius 3 is 2.48 bits per heavy atom. The van der Waals surface area contributed by atoms with Crippen LogP contribution in [0.3, 0.4) is 0 Å². The predicted octanol–water partition coefficient (Wildman–Crippen LogP) is 3.98. The molecule has 2 atom stereocenters. The molecule has 2 aromatic carbocycles. The van der Waals surface area contributed by atoms with Gasteiger partial charge in [0.25, 0.3) is 5.56 Å². The summed E-state index contributed by atoms with van der Waals surface area (Å²) in [5, 5.41) is 22.0. The Morgan fingerprint density at radius 1 is 1.00 bits per heavy atom. The van der Waals surface area contributed by atoms with Gasteiger partial charge in [0.05, 0.1) is 17.5 Å². The number of carbonyl (C=O) groups excluding carboxylic acids is 1. The first-order valence-corrected chi connectivity index (χ1v) is 14.5. The van der Waals surface area contributed by atoms with Gasteiger partial charge in [-0.1, -0.05) is 48.0 Å². The molecule has 0 unspecified atom stereocenters. The Bertz CT molecular complexity index is 1680. The van der Waals surface area contributed by atoms with Crippen LogP contribution in [-0.4, -0.2) is 77.9 Å². The number of amides is 2.